The van der Waals surface area contributed by atoms with Gasteiger partial charge in [-0.25, -0.2) is 8.42 Å². The number of benzene rings is 1. The molecule has 0 spiro atoms. The number of methoxy groups -OCH3 is 1. The van der Waals surface area contributed by atoms with Crippen molar-refractivity contribution in [1.29, 1.82) is 0 Å². The Morgan fingerprint density at radius 2 is 2.08 bits per heavy atom. The minimum atomic E-state index is -3.62. The number of nitrogens with zero attached hydrogens (tertiary/aromatic N) is 1. The Bertz CT molecular complexity index is 729. The number of carbonyl (C=O) groups is 1. The van der Waals surface area contributed by atoms with Gasteiger partial charge in [-0.05, 0) is 38.4 Å². The fourth-order valence-corrected chi connectivity index (χ4v) is 4.40. The first kappa shape index (κ1) is 19.7. The zero-order valence-corrected chi connectivity index (χ0v) is 15.9. The van der Waals surface area contributed by atoms with Crippen LogP contribution >= 0.6 is 0 Å². The van der Waals surface area contributed by atoms with E-state index >= 15 is 0 Å². The van der Waals surface area contributed by atoms with E-state index in [1.807, 2.05) is 0 Å². The maximum atomic E-state index is 12.7. The third-order valence-corrected chi connectivity index (χ3v) is 6.66. The number of Topliss-reactive ketones (excluding diaryl/α,β-unsaturated/α-hetero) is 1. The van der Waals surface area contributed by atoms with E-state index < -0.39 is 9.84 Å². The molecule has 6 nitrogen and oxygen atoms in total. The molecule has 1 saturated heterocycles. The fourth-order valence-electron chi connectivity index (χ4n) is 3.41. The van der Waals surface area contributed by atoms with Crippen LogP contribution in [0.5, 0.6) is 11.5 Å². The van der Waals surface area contributed by atoms with Crippen molar-refractivity contribution in [2.75, 3.05) is 26.0 Å². The third kappa shape index (κ3) is 4.33. The van der Waals surface area contributed by atoms with Crippen LogP contribution < -0.4 is 4.74 Å². The largest absolute Gasteiger partial charge is 0.506 e. The van der Waals surface area contributed by atoms with E-state index in [2.05, 4.69) is 11.8 Å². The van der Waals surface area contributed by atoms with Gasteiger partial charge in [0.15, 0.2) is 15.6 Å². The SMILES string of the molecule is CCN1CCCC1CCC(=O)c1cc(S(=O)(=O)CC)c(O)cc1OC. The first-order valence-corrected chi connectivity index (χ1v) is 10.4. The Morgan fingerprint density at radius 1 is 1.36 bits per heavy atom. The van der Waals surface area contributed by atoms with Gasteiger partial charge in [-0.3, -0.25) is 4.79 Å². The lowest BCUT2D eigenvalue weighted by Crippen LogP contribution is -2.29. The molecule has 0 saturated carbocycles. The standard InChI is InChI=1S/C18H27NO5S/c1-4-19-10-6-7-13(19)8-9-15(20)14-11-18(25(22,23)5-2)16(21)12-17(14)24-3/h11-13,21H,4-10H2,1-3H3. The monoisotopic (exact) mass is 369 g/mol. The summed E-state index contributed by atoms with van der Waals surface area (Å²) in [6.45, 7) is 5.65. The quantitative estimate of drug-likeness (QED) is 0.709. The highest BCUT2D eigenvalue weighted by Crippen LogP contribution is 2.33. The zero-order valence-electron chi connectivity index (χ0n) is 15.1. The number of carbonyl (C=O) groups excluding carboxylic acids is 1. The Balaban J connectivity index is 2.24. The molecule has 25 heavy (non-hydrogen) atoms. The normalized spacial score (nSPS) is 18.4. The number of likely N-dealkylation sites (tertiary alicyclic amines) is 1. The first-order valence-electron chi connectivity index (χ1n) is 8.75. The predicted octanol–water partition coefficient (Wildman–Crippen LogP) is 2.64. The summed E-state index contributed by atoms with van der Waals surface area (Å²) in [5, 5.41) is 9.99. The second kappa shape index (κ2) is 8.19. The summed E-state index contributed by atoms with van der Waals surface area (Å²) < 4.78 is 29.4. The molecule has 140 valence electrons. The molecular weight excluding hydrogens is 342 g/mol. The lowest BCUT2D eigenvalue weighted by molar-refractivity contribution is 0.0964. The number of sulfone groups is 1. The van der Waals surface area contributed by atoms with Crippen molar-refractivity contribution in [3.05, 3.63) is 17.7 Å². The Kier molecular flexibility index (Phi) is 6.46. The second-order valence-electron chi connectivity index (χ2n) is 6.31. The van der Waals surface area contributed by atoms with Gasteiger partial charge >= 0.3 is 0 Å². The molecule has 0 amide bonds. The minimum Gasteiger partial charge on any atom is -0.506 e. The van der Waals surface area contributed by atoms with Gasteiger partial charge in [0.05, 0.1) is 18.4 Å². The smallest absolute Gasteiger partial charge is 0.181 e. The molecule has 1 unspecified atom stereocenters. The van der Waals surface area contributed by atoms with Crippen LogP contribution in [-0.2, 0) is 9.84 Å². The highest BCUT2D eigenvalue weighted by molar-refractivity contribution is 7.91. The van der Waals surface area contributed by atoms with Gasteiger partial charge in [-0.1, -0.05) is 13.8 Å². The summed E-state index contributed by atoms with van der Waals surface area (Å²) >= 11 is 0. The van der Waals surface area contributed by atoms with Crippen molar-refractivity contribution in [2.45, 2.75) is 50.5 Å². The summed E-state index contributed by atoms with van der Waals surface area (Å²) in [4.78, 5) is 14.8. The third-order valence-electron chi connectivity index (χ3n) is 4.91. The first-order chi connectivity index (χ1) is 11.8. The van der Waals surface area contributed by atoms with E-state index in [1.54, 1.807) is 0 Å². The Hall–Kier alpha value is -1.60. The van der Waals surface area contributed by atoms with Crippen molar-refractivity contribution >= 4 is 15.6 Å². The summed E-state index contributed by atoms with van der Waals surface area (Å²) in [5.41, 5.74) is 0.216. The number of ether oxygens (including phenoxy) is 1. The van der Waals surface area contributed by atoms with Gasteiger partial charge < -0.3 is 14.7 Å². The van der Waals surface area contributed by atoms with Crippen molar-refractivity contribution < 1.29 is 23.1 Å². The lowest BCUT2D eigenvalue weighted by atomic mass is 10.0. The molecule has 0 aromatic heterocycles. The number of rotatable bonds is 8. The van der Waals surface area contributed by atoms with Gasteiger partial charge in [-0.2, -0.15) is 0 Å². The van der Waals surface area contributed by atoms with Crippen molar-refractivity contribution in [3.8, 4) is 11.5 Å². The van der Waals surface area contributed by atoms with Crippen LogP contribution in [0.15, 0.2) is 17.0 Å². The summed E-state index contributed by atoms with van der Waals surface area (Å²) in [6.07, 6.45) is 3.30. The average molecular weight is 369 g/mol. The van der Waals surface area contributed by atoms with E-state index in [9.17, 15) is 18.3 Å². The van der Waals surface area contributed by atoms with Crippen molar-refractivity contribution in [2.24, 2.45) is 0 Å². The van der Waals surface area contributed by atoms with Gasteiger partial charge in [0.1, 0.15) is 16.4 Å². The summed E-state index contributed by atoms with van der Waals surface area (Å²) in [7, 11) is -2.22. The highest BCUT2D eigenvalue weighted by Gasteiger charge is 2.26. The maximum absolute atomic E-state index is 12.7. The molecule has 1 aromatic rings. The van der Waals surface area contributed by atoms with E-state index in [0.717, 1.165) is 32.4 Å². The molecule has 2 rings (SSSR count). The van der Waals surface area contributed by atoms with E-state index in [4.69, 9.17) is 4.74 Å². The molecule has 0 aliphatic carbocycles. The van der Waals surface area contributed by atoms with E-state index in [1.165, 1.54) is 26.2 Å². The molecule has 1 aromatic carbocycles. The van der Waals surface area contributed by atoms with Crippen LogP contribution in [0.2, 0.25) is 0 Å². The molecule has 1 aliphatic heterocycles. The highest BCUT2D eigenvalue weighted by atomic mass is 32.2. The average Bonchev–Trinajstić information content (AvgIpc) is 3.06. The number of phenols is 1. The fraction of sp³-hybridized carbons (Fsp3) is 0.611. The lowest BCUT2D eigenvalue weighted by Gasteiger charge is -2.22. The van der Waals surface area contributed by atoms with Gasteiger partial charge in [-0.15, -0.1) is 0 Å². The number of hydrogen-bond donors (Lipinski definition) is 1. The molecule has 0 bridgehead atoms. The van der Waals surface area contributed by atoms with Crippen LogP contribution in [0.25, 0.3) is 0 Å². The number of aromatic hydroxyl groups is 1. The van der Waals surface area contributed by atoms with Crippen LogP contribution in [0, 0.1) is 0 Å². The van der Waals surface area contributed by atoms with E-state index in [-0.39, 0.29) is 33.5 Å². The van der Waals surface area contributed by atoms with E-state index in [0.29, 0.717) is 12.5 Å². The molecule has 0 radical (unpaired) electrons. The van der Waals surface area contributed by atoms with Crippen molar-refractivity contribution in [3.63, 3.8) is 0 Å². The summed E-state index contributed by atoms with van der Waals surface area (Å²) in [5.74, 6) is -0.486. The molecule has 1 N–H and O–H groups in total. The summed E-state index contributed by atoms with van der Waals surface area (Å²) in [6, 6.07) is 2.86. The molecule has 1 aliphatic rings. The van der Waals surface area contributed by atoms with Gasteiger partial charge in [0.25, 0.3) is 0 Å². The van der Waals surface area contributed by atoms with Crippen LogP contribution in [-0.4, -0.2) is 56.2 Å². The maximum Gasteiger partial charge on any atom is 0.181 e. The Morgan fingerprint density at radius 3 is 2.68 bits per heavy atom. The Labute approximate surface area is 149 Å². The van der Waals surface area contributed by atoms with Crippen molar-refractivity contribution in [1.82, 2.24) is 4.90 Å². The second-order valence-corrected chi connectivity index (χ2v) is 8.56. The van der Waals surface area contributed by atoms with Crippen LogP contribution in [0.3, 0.4) is 0 Å². The molecule has 7 heteroatoms. The zero-order chi connectivity index (χ0) is 18.6. The van der Waals surface area contributed by atoms with Gasteiger partial charge in [0, 0.05) is 18.5 Å². The molecular formula is C18H27NO5S. The number of hydrogen-bond acceptors (Lipinski definition) is 6. The topological polar surface area (TPSA) is 83.9 Å². The predicted molar refractivity (Wildman–Crippen MR) is 96.2 cm³/mol. The minimum absolute atomic E-state index is 0.145. The van der Waals surface area contributed by atoms with Gasteiger partial charge in [0.2, 0.25) is 0 Å². The number of phenolic OH excluding ortho intramolecular Hbond substituents is 1. The molecule has 1 fully saturated rings. The number of ketones is 1. The van der Waals surface area contributed by atoms with Crippen LogP contribution in [0.4, 0.5) is 0 Å². The molecule has 1 atom stereocenters. The van der Waals surface area contributed by atoms with Crippen LogP contribution in [0.1, 0.15) is 49.9 Å². The molecule has 1 heterocycles.